The number of guanidine groups is 1. The van der Waals surface area contributed by atoms with Crippen LogP contribution in [0.2, 0.25) is 0 Å². The van der Waals surface area contributed by atoms with Crippen LogP contribution in [-0.2, 0) is 25.6 Å². The van der Waals surface area contributed by atoms with Crippen molar-refractivity contribution in [3.63, 3.8) is 0 Å². The number of hydrogen-bond acceptors (Lipinski definition) is 9. The molecule has 0 aliphatic rings. The fourth-order valence-electron chi connectivity index (χ4n) is 3.00. The number of H-pyrrole nitrogens is 1. The van der Waals surface area contributed by atoms with Crippen molar-refractivity contribution < 1.29 is 34.5 Å². The molecule has 1 rings (SSSR count). The van der Waals surface area contributed by atoms with Gasteiger partial charge in [-0.2, -0.15) is 0 Å². The van der Waals surface area contributed by atoms with Gasteiger partial charge in [-0.25, -0.2) is 9.78 Å². The first kappa shape index (κ1) is 30.3. The Kier molecular flexibility index (Phi) is 12.3. The van der Waals surface area contributed by atoms with Crippen LogP contribution < -0.4 is 33.2 Å². The van der Waals surface area contributed by atoms with Gasteiger partial charge in [0.15, 0.2) is 5.96 Å². The number of aliphatic carboxylic acids is 1. The van der Waals surface area contributed by atoms with Gasteiger partial charge in [0.25, 0.3) is 0 Å². The smallest absolute Gasteiger partial charge is 0.326 e. The summed E-state index contributed by atoms with van der Waals surface area (Å²) in [6.45, 7) is 2.66. The molecule has 0 saturated heterocycles. The van der Waals surface area contributed by atoms with Gasteiger partial charge in [0.1, 0.15) is 24.2 Å². The van der Waals surface area contributed by atoms with Gasteiger partial charge in [0.2, 0.25) is 17.7 Å². The third kappa shape index (κ3) is 10.2. The number of aliphatic hydroxyl groups is 2. The monoisotopic (exact) mass is 513 g/mol. The van der Waals surface area contributed by atoms with Crippen LogP contribution in [0, 0.1) is 0 Å². The molecule has 0 aliphatic carbocycles. The zero-order chi connectivity index (χ0) is 27.4. The average Bonchev–Trinajstić information content (AvgIpc) is 3.30. The van der Waals surface area contributed by atoms with E-state index in [-0.39, 0.29) is 31.8 Å². The Morgan fingerprint density at radius 1 is 1.03 bits per heavy atom. The van der Waals surface area contributed by atoms with E-state index in [1.165, 1.54) is 26.4 Å². The Bertz CT molecular complexity index is 901. The number of carboxylic acids is 1. The number of aliphatic imine (C=N–C) groups is 1. The lowest BCUT2D eigenvalue weighted by Crippen LogP contribution is -2.60. The summed E-state index contributed by atoms with van der Waals surface area (Å²) in [6.07, 6.45) is 0.262. The molecule has 0 saturated carbocycles. The van der Waals surface area contributed by atoms with Gasteiger partial charge in [-0.15, -0.1) is 0 Å². The molecule has 0 aliphatic heterocycles. The zero-order valence-electron chi connectivity index (χ0n) is 20.0. The highest BCUT2D eigenvalue weighted by Gasteiger charge is 2.33. The number of hydrogen-bond donors (Lipinski definition) is 10. The minimum absolute atomic E-state index is 0.0204. The van der Waals surface area contributed by atoms with Crippen LogP contribution in [0.3, 0.4) is 0 Å². The maximum atomic E-state index is 13.0. The number of nitrogens with two attached hydrogens (primary N) is 3. The molecule has 0 aromatic carbocycles. The van der Waals surface area contributed by atoms with E-state index in [2.05, 4.69) is 30.9 Å². The third-order valence-corrected chi connectivity index (χ3v) is 5.06. The fraction of sp³-hybridized carbons (Fsp3) is 0.600. The summed E-state index contributed by atoms with van der Waals surface area (Å²) in [6, 6.07) is -5.49. The van der Waals surface area contributed by atoms with E-state index in [0.717, 1.165) is 0 Å². The van der Waals surface area contributed by atoms with Crippen molar-refractivity contribution in [3.05, 3.63) is 18.2 Å². The average molecular weight is 514 g/mol. The number of aromatic amines is 1. The normalized spacial score (nSPS) is 15.9. The standard InChI is InChI=1S/C20H35N9O7/c1-9(30)14(21)17(33)27-12(4-3-5-25-20(22)23)16(32)29-15(10(2)31)18(34)28-13(19(35)36)6-11-7-24-8-26-11/h7-10,12-15,30-31H,3-6,21H2,1-2H3,(H,24,26)(H,27,33)(H,28,34)(H,29,32)(H,35,36)(H4,22,23,25). The van der Waals surface area contributed by atoms with Crippen molar-refractivity contribution >= 4 is 29.7 Å². The topological polar surface area (TPSA) is 284 Å². The molecule has 1 aromatic rings. The molecule has 0 bridgehead atoms. The van der Waals surface area contributed by atoms with Crippen LogP contribution in [0.25, 0.3) is 0 Å². The molecule has 0 spiro atoms. The zero-order valence-corrected chi connectivity index (χ0v) is 20.0. The molecule has 6 atom stereocenters. The van der Waals surface area contributed by atoms with E-state index in [9.17, 15) is 34.5 Å². The number of amides is 3. The number of carbonyl (C=O) groups excluding carboxylic acids is 3. The number of nitrogens with one attached hydrogen (secondary N) is 4. The number of imidazole rings is 1. The van der Waals surface area contributed by atoms with E-state index in [4.69, 9.17) is 17.2 Å². The van der Waals surface area contributed by atoms with Gasteiger partial charge in [0.05, 0.1) is 18.5 Å². The van der Waals surface area contributed by atoms with Gasteiger partial charge in [-0.3, -0.25) is 19.4 Å². The summed E-state index contributed by atoms with van der Waals surface area (Å²) in [5.41, 5.74) is 16.6. The molecule has 0 fully saturated rings. The fourth-order valence-corrected chi connectivity index (χ4v) is 3.00. The second-order valence-electron chi connectivity index (χ2n) is 8.18. The summed E-state index contributed by atoms with van der Waals surface area (Å²) in [5.74, 6) is -4.14. The van der Waals surface area contributed by atoms with E-state index in [0.29, 0.717) is 5.69 Å². The maximum Gasteiger partial charge on any atom is 0.326 e. The van der Waals surface area contributed by atoms with Gasteiger partial charge in [-0.05, 0) is 26.7 Å². The van der Waals surface area contributed by atoms with Gasteiger partial charge >= 0.3 is 5.97 Å². The molecule has 1 aromatic heterocycles. The van der Waals surface area contributed by atoms with Crippen molar-refractivity contribution in [3.8, 4) is 0 Å². The molecule has 6 unspecified atom stereocenters. The minimum Gasteiger partial charge on any atom is -0.480 e. The molecule has 13 N–H and O–H groups in total. The predicted octanol–water partition coefficient (Wildman–Crippen LogP) is -4.37. The lowest BCUT2D eigenvalue weighted by molar-refractivity contribution is -0.143. The van der Waals surface area contributed by atoms with Gasteiger partial charge in [0, 0.05) is 24.9 Å². The van der Waals surface area contributed by atoms with Crippen LogP contribution in [-0.4, -0.2) is 97.9 Å². The number of rotatable bonds is 15. The summed E-state index contributed by atoms with van der Waals surface area (Å²) >= 11 is 0. The van der Waals surface area contributed by atoms with Crippen molar-refractivity contribution in [1.29, 1.82) is 0 Å². The summed E-state index contributed by atoms with van der Waals surface area (Å²) in [7, 11) is 0. The van der Waals surface area contributed by atoms with Crippen molar-refractivity contribution in [2.75, 3.05) is 6.54 Å². The molecule has 36 heavy (non-hydrogen) atoms. The first-order chi connectivity index (χ1) is 16.8. The van der Waals surface area contributed by atoms with Crippen LogP contribution in [0.15, 0.2) is 17.5 Å². The molecule has 16 nitrogen and oxygen atoms in total. The van der Waals surface area contributed by atoms with E-state index >= 15 is 0 Å². The molecule has 0 radical (unpaired) electrons. The van der Waals surface area contributed by atoms with E-state index in [1.54, 1.807) is 0 Å². The summed E-state index contributed by atoms with van der Waals surface area (Å²) in [4.78, 5) is 60.0. The number of carbonyl (C=O) groups is 4. The van der Waals surface area contributed by atoms with Crippen LogP contribution in [0.4, 0.5) is 0 Å². The maximum absolute atomic E-state index is 13.0. The number of aromatic nitrogens is 2. The number of carboxylic acid groups (broad SMARTS) is 1. The number of aliphatic hydroxyl groups excluding tert-OH is 2. The minimum atomic E-state index is -1.55. The third-order valence-electron chi connectivity index (χ3n) is 5.06. The first-order valence-electron chi connectivity index (χ1n) is 11.1. The van der Waals surface area contributed by atoms with Crippen molar-refractivity contribution in [2.24, 2.45) is 22.2 Å². The van der Waals surface area contributed by atoms with Crippen LogP contribution >= 0.6 is 0 Å². The second kappa shape index (κ2) is 14.6. The Morgan fingerprint density at radius 2 is 1.67 bits per heavy atom. The molecule has 16 heteroatoms. The molecule has 202 valence electrons. The predicted molar refractivity (Wildman–Crippen MR) is 127 cm³/mol. The highest BCUT2D eigenvalue weighted by atomic mass is 16.4. The Labute approximate surface area is 207 Å². The van der Waals surface area contributed by atoms with Crippen LogP contribution in [0.5, 0.6) is 0 Å². The van der Waals surface area contributed by atoms with E-state index < -0.39 is 60.1 Å². The van der Waals surface area contributed by atoms with Crippen molar-refractivity contribution in [1.82, 2.24) is 25.9 Å². The Morgan fingerprint density at radius 3 is 2.17 bits per heavy atom. The lowest BCUT2D eigenvalue weighted by atomic mass is 10.1. The summed E-state index contributed by atoms with van der Waals surface area (Å²) in [5, 5.41) is 36.1. The van der Waals surface area contributed by atoms with Crippen molar-refractivity contribution in [2.45, 2.75) is 69.5 Å². The quantitative estimate of drug-likeness (QED) is 0.0607. The first-order valence-corrected chi connectivity index (χ1v) is 11.1. The highest BCUT2D eigenvalue weighted by molar-refractivity contribution is 5.94. The Hall–Kier alpha value is -3.76. The molecule has 3 amide bonds. The lowest BCUT2D eigenvalue weighted by Gasteiger charge is -2.26. The summed E-state index contributed by atoms with van der Waals surface area (Å²) < 4.78 is 0. The molecule has 1 heterocycles. The van der Waals surface area contributed by atoms with Gasteiger partial charge in [-0.1, -0.05) is 0 Å². The molecular formula is C20H35N9O7. The number of nitrogens with zero attached hydrogens (tertiary/aromatic N) is 2. The molecular weight excluding hydrogens is 478 g/mol. The Balaban J connectivity index is 2.97. The van der Waals surface area contributed by atoms with Gasteiger partial charge < -0.3 is 53.5 Å². The SMILES string of the molecule is CC(O)C(N)C(=O)NC(CCCN=C(N)N)C(=O)NC(C(=O)NC(Cc1cnc[nH]1)C(=O)O)C(C)O. The van der Waals surface area contributed by atoms with Crippen LogP contribution in [0.1, 0.15) is 32.4 Å². The largest absolute Gasteiger partial charge is 0.480 e. The highest BCUT2D eigenvalue weighted by Crippen LogP contribution is 2.05. The van der Waals surface area contributed by atoms with E-state index in [1.807, 2.05) is 0 Å². The second-order valence-corrected chi connectivity index (χ2v) is 8.18.